The summed E-state index contributed by atoms with van der Waals surface area (Å²) in [5, 5.41) is 0.705. The largest absolute Gasteiger partial charge is 0.492 e. The van der Waals surface area contributed by atoms with Crippen LogP contribution in [0.3, 0.4) is 0 Å². The highest BCUT2D eigenvalue weighted by atomic mass is 35.5. The number of aryl methyl sites for hydroxylation is 1. The molecule has 0 aliphatic rings. The van der Waals surface area contributed by atoms with E-state index < -0.39 is 0 Å². The van der Waals surface area contributed by atoms with Crippen LogP contribution >= 0.6 is 11.6 Å². The minimum atomic E-state index is 0.705. The highest BCUT2D eigenvalue weighted by Crippen LogP contribution is 2.25. The maximum Gasteiger partial charge on any atom is 0.137 e. The van der Waals surface area contributed by atoms with Gasteiger partial charge in [0.25, 0.3) is 0 Å². The van der Waals surface area contributed by atoms with E-state index in [9.17, 15) is 0 Å². The molecule has 1 nitrogen and oxygen atoms in total. The molecule has 0 bridgehead atoms. The van der Waals surface area contributed by atoms with E-state index in [1.807, 2.05) is 25.1 Å². The summed E-state index contributed by atoms with van der Waals surface area (Å²) in [5.41, 5.74) is 1.16. The lowest BCUT2D eigenvalue weighted by Gasteiger charge is -2.07. The average molecular weight is 199 g/mol. The average Bonchev–Trinajstić information content (AvgIpc) is 2.09. The van der Waals surface area contributed by atoms with E-state index >= 15 is 0 Å². The van der Waals surface area contributed by atoms with E-state index in [2.05, 4.69) is 6.92 Å². The molecule has 0 fully saturated rings. The van der Waals surface area contributed by atoms with Crippen LogP contribution in [0.5, 0.6) is 5.75 Å². The Morgan fingerprint density at radius 2 is 2.15 bits per heavy atom. The molecule has 0 saturated heterocycles. The molecule has 0 heterocycles. The Morgan fingerprint density at radius 3 is 2.77 bits per heavy atom. The van der Waals surface area contributed by atoms with Gasteiger partial charge in [0.2, 0.25) is 0 Å². The monoisotopic (exact) mass is 198 g/mol. The lowest BCUT2D eigenvalue weighted by molar-refractivity contribution is 0.309. The third-order valence-electron chi connectivity index (χ3n) is 1.84. The maximum absolute atomic E-state index is 5.98. The zero-order valence-corrected chi connectivity index (χ0v) is 8.90. The fourth-order valence-electron chi connectivity index (χ4n) is 1.05. The van der Waals surface area contributed by atoms with E-state index in [-0.39, 0.29) is 0 Å². The minimum Gasteiger partial charge on any atom is -0.492 e. The van der Waals surface area contributed by atoms with Crippen molar-refractivity contribution in [3.8, 4) is 5.75 Å². The summed E-state index contributed by atoms with van der Waals surface area (Å²) >= 11 is 5.98. The summed E-state index contributed by atoms with van der Waals surface area (Å²) in [6, 6.07) is 5.85. The first-order valence-electron chi connectivity index (χ1n) is 4.63. The molecule has 0 N–H and O–H groups in total. The van der Waals surface area contributed by atoms with E-state index in [4.69, 9.17) is 16.3 Å². The van der Waals surface area contributed by atoms with E-state index in [0.29, 0.717) is 5.02 Å². The molecule has 0 atom stereocenters. The molecule has 13 heavy (non-hydrogen) atoms. The van der Waals surface area contributed by atoms with Gasteiger partial charge < -0.3 is 4.74 Å². The van der Waals surface area contributed by atoms with E-state index in [1.165, 1.54) is 0 Å². The van der Waals surface area contributed by atoms with Gasteiger partial charge in [-0.05, 0) is 31.0 Å². The Morgan fingerprint density at radius 1 is 1.38 bits per heavy atom. The molecule has 1 aromatic carbocycles. The Bertz CT molecular complexity index is 271. The summed E-state index contributed by atoms with van der Waals surface area (Å²) in [5.74, 6) is 0.792. The Balaban J connectivity index is 2.56. The van der Waals surface area contributed by atoms with Crippen molar-refractivity contribution in [2.75, 3.05) is 6.61 Å². The summed E-state index contributed by atoms with van der Waals surface area (Å²) in [4.78, 5) is 0. The first kappa shape index (κ1) is 10.4. The van der Waals surface area contributed by atoms with Crippen LogP contribution < -0.4 is 4.74 Å². The van der Waals surface area contributed by atoms with Crippen LogP contribution in [0.1, 0.15) is 25.3 Å². The van der Waals surface area contributed by atoms with Gasteiger partial charge in [-0.1, -0.05) is 31.0 Å². The quantitative estimate of drug-likeness (QED) is 0.669. The first-order valence-corrected chi connectivity index (χ1v) is 5.00. The van der Waals surface area contributed by atoms with Crippen LogP contribution in [0.2, 0.25) is 5.02 Å². The highest BCUT2D eigenvalue weighted by Gasteiger charge is 2.00. The van der Waals surface area contributed by atoms with Crippen molar-refractivity contribution < 1.29 is 4.74 Å². The number of halogens is 1. The Labute approximate surface area is 84.7 Å². The molecule has 0 unspecified atom stereocenters. The van der Waals surface area contributed by atoms with Crippen molar-refractivity contribution in [3.63, 3.8) is 0 Å². The van der Waals surface area contributed by atoms with Crippen LogP contribution in [-0.4, -0.2) is 6.61 Å². The molecular formula is C11H15ClO. The number of ether oxygens (including phenoxy) is 1. The van der Waals surface area contributed by atoms with Crippen molar-refractivity contribution in [2.45, 2.75) is 26.7 Å². The van der Waals surface area contributed by atoms with Gasteiger partial charge in [-0.2, -0.15) is 0 Å². The number of rotatable bonds is 4. The highest BCUT2D eigenvalue weighted by molar-refractivity contribution is 6.32. The second kappa shape index (κ2) is 5.13. The van der Waals surface area contributed by atoms with Gasteiger partial charge in [0, 0.05) is 0 Å². The minimum absolute atomic E-state index is 0.705. The van der Waals surface area contributed by atoms with Crippen molar-refractivity contribution in [1.29, 1.82) is 0 Å². The molecule has 0 aliphatic carbocycles. The van der Waals surface area contributed by atoms with Crippen LogP contribution in [0.4, 0.5) is 0 Å². The van der Waals surface area contributed by atoms with Crippen molar-refractivity contribution in [3.05, 3.63) is 28.8 Å². The summed E-state index contributed by atoms with van der Waals surface area (Å²) in [6.07, 6.45) is 2.22. The van der Waals surface area contributed by atoms with Gasteiger partial charge in [0.15, 0.2) is 0 Å². The lowest BCUT2D eigenvalue weighted by Crippen LogP contribution is -1.96. The zero-order chi connectivity index (χ0) is 9.68. The van der Waals surface area contributed by atoms with Gasteiger partial charge in [-0.15, -0.1) is 0 Å². The lowest BCUT2D eigenvalue weighted by atomic mass is 10.2. The van der Waals surface area contributed by atoms with Gasteiger partial charge in [0.1, 0.15) is 5.75 Å². The predicted molar refractivity (Wildman–Crippen MR) is 56.6 cm³/mol. The fraction of sp³-hybridized carbons (Fsp3) is 0.455. The summed E-state index contributed by atoms with van der Waals surface area (Å²) in [6.45, 7) is 4.90. The second-order valence-electron chi connectivity index (χ2n) is 3.14. The molecule has 0 amide bonds. The number of hydrogen-bond donors (Lipinski definition) is 0. The molecule has 0 aliphatic heterocycles. The SMILES string of the molecule is CCCCOc1ccc(C)cc1Cl. The summed E-state index contributed by atoms with van der Waals surface area (Å²) in [7, 11) is 0. The normalized spacial score (nSPS) is 10.1. The molecule has 0 aromatic heterocycles. The van der Waals surface area contributed by atoms with Crippen molar-refractivity contribution in [1.82, 2.24) is 0 Å². The standard InChI is InChI=1S/C11H15ClO/c1-3-4-7-13-11-6-5-9(2)8-10(11)12/h5-6,8H,3-4,7H2,1-2H3. The van der Waals surface area contributed by atoms with Crippen LogP contribution in [0.15, 0.2) is 18.2 Å². The molecular weight excluding hydrogens is 184 g/mol. The molecule has 2 heteroatoms. The zero-order valence-electron chi connectivity index (χ0n) is 8.14. The number of hydrogen-bond acceptors (Lipinski definition) is 1. The maximum atomic E-state index is 5.98. The molecule has 0 saturated carbocycles. The van der Waals surface area contributed by atoms with E-state index in [1.54, 1.807) is 0 Å². The van der Waals surface area contributed by atoms with Gasteiger partial charge in [-0.25, -0.2) is 0 Å². The molecule has 0 radical (unpaired) electrons. The molecule has 72 valence electrons. The molecule has 0 spiro atoms. The second-order valence-corrected chi connectivity index (χ2v) is 3.54. The van der Waals surface area contributed by atoms with Crippen molar-refractivity contribution in [2.24, 2.45) is 0 Å². The number of benzene rings is 1. The molecule has 1 aromatic rings. The molecule has 1 rings (SSSR count). The van der Waals surface area contributed by atoms with Crippen LogP contribution in [0, 0.1) is 6.92 Å². The fourth-order valence-corrected chi connectivity index (χ4v) is 1.34. The van der Waals surface area contributed by atoms with Gasteiger partial charge in [-0.3, -0.25) is 0 Å². The smallest absolute Gasteiger partial charge is 0.137 e. The van der Waals surface area contributed by atoms with Crippen LogP contribution in [0.25, 0.3) is 0 Å². The topological polar surface area (TPSA) is 9.23 Å². The third kappa shape index (κ3) is 3.27. The van der Waals surface area contributed by atoms with Gasteiger partial charge in [0.05, 0.1) is 11.6 Å². The van der Waals surface area contributed by atoms with Crippen molar-refractivity contribution >= 4 is 11.6 Å². The van der Waals surface area contributed by atoms with Crippen LogP contribution in [-0.2, 0) is 0 Å². The Kier molecular flexibility index (Phi) is 4.10. The van der Waals surface area contributed by atoms with E-state index in [0.717, 1.165) is 30.8 Å². The van der Waals surface area contributed by atoms with Gasteiger partial charge >= 0.3 is 0 Å². The third-order valence-corrected chi connectivity index (χ3v) is 2.14. The first-order chi connectivity index (χ1) is 6.24. The summed E-state index contributed by atoms with van der Waals surface area (Å²) < 4.78 is 5.50. The Hall–Kier alpha value is -0.690. The number of unbranched alkanes of at least 4 members (excludes halogenated alkanes) is 1. The predicted octanol–water partition coefficient (Wildman–Crippen LogP) is 3.83.